The molecule has 0 aromatic heterocycles. The van der Waals surface area contributed by atoms with E-state index in [9.17, 15) is 19.5 Å². The summed E-state index contributed by atoms with van der Waals surface area (Å²) in [7, 11) is 0. The highest BCUT2D eigenvalue weighted by molar-refractivity contribution is 5.79. The maximum Gasteiger partial charge on any atom is 0.217 e. The van der Waals surface area contributed by atoms with Crippen molar-refractivity contribution in [3.8, 4) is 11.5 Å². The summed E-state index contributed by atoms with van der Waals surface area (Å²) in [4.78, 5) is 34.8. The van der Waals surface area contributed by atoms with E-state index in [1.54, 1.807) is 0 Å². The summed E-state index contributed by atoms with van der Waals surface area (Å²) in [5, 5.41) is 11.1. The standard InChI is InChI=1S/C40H62N2O6/c1-39-18-16-30(43)25-29(39)24-28(38-33-14-15-35(44)40(33,2)19-17-34(38)39)11-9-10-27-22-31(47-20-7-3-5-12-36(41)45)26-32(23-27)48-21-8-4-6-13-37(42)46/h22-23,26,28-29,33-35,38,44H,3-21,24-25H2,1-2H3,(H2,41,45)(H2,42,46)/t28?,29?,33-,34+,35?,38-,39-,40-/m0/s1. The van der Waals surface area contributed by atoms with Gasteiger partial charge in [-0.25, -0.2) is 0 Å². The molecule has 0 heterocycles. The van der Waals surface area contributed by atoms with Crippen LogP contribution in [0.4, 0.5) is 0 Å². The minimum Gasteiger partial charge on any atom is -0.493 e. The van der Waals surface area contributed by atoms with E-state index in [0.717, 1.165) is 114 Å². The van der Waals surface area contributed by atoms with Gasteiger partial charge in [0.1, 0.15) is 17.3 Å². The number of unbranched alkanes of at least 4 members (excludes halogenated alkanes) is 4. The van der Waals surface area contributed by atoms with Gasteiger partial charge in [-0.1, -0.05) is 13.8 Å². The average Bonchev–Trinajstić information content (AvgIpc) is 3.34. The van der Waals surface area contributed by atoms with E-state index < -0.39 is 0 Å². The Kier molecular flexibility index (Phi) is 12.5. The Morgan fingerprint density at radius 3 is 2.06 bits per heavy atom. The second kappa shape index (κ2) is 16.4. The largest absolute Gasteiger partial charge is 0.493 e. The number of aliphatic hydroxyl groups excluding tert-OH is 1. The van der Waals surface area contributed by atoms with Crippen LogP contribution in [0.5, 0.6) is 11.5 Å². The van der Waals surface area contributed by atoms with Crippen LogP contribution in [0.15, 0.2) is 18.2 Å². The summed E-state index contributed by atoms with van der Waals surface area (Å²) in [5.41, 5.74) is 12.0. The molecule has 8 atom stereocenters. The Labute approximate surface area is 288 Å². The molecule has 2 amide bonds. The Hall–Kier alpha value is -2.61. The molecule has 4 saturated carbocycles. The van der Waals surface area contributed by atoms with Gasteiger partial charge in [-0.2, -0.15) is 0 Å². The van der Waals surface area contributed by atoms with Gasteiger partial charge in [0.2, 0.25) is 11.8 Å². The van der Waals surface area contributed by atoms with Crippen LogP contribution in [0.2, 0.25) is 0 Å². The first-order chi connectivity index (χ1) is 23.0. The van der Waals surface area contributed by atoms with Gasteiger partial charge in [0.05, 0.1) is 19.3 Å². The lowest BCUT2D eigenvalue weighted by Crippen LogP contribution is -2.57. The maximum atomic E-state index is 12.7. The fourth-order valence-corrected chi connectivity index (χ4v) is 10.5. The molecule has 5 rings (SSSR count). The number of primary amides is 2. The summed E-state index contributed by atoms with van der Waals surface area (Å²) in [6, 6.07) is 6.26. The van der Waals surface area contributed by atoms with Crippen molar-refractivity contribution in [1.82, 2.24) is 0 Å². The van der Waals surface area contributed by atoms with Gasteiger partial charge in [0, 0.05) is 31.7 Å². The fourth-order valence-electron chi connectivity index (χ4n) is 10.5. The van der Waals surface area contributed by atoms with E-state index in [2.05, 4.69) is 26.0 Å². The number of carbonyl (C=O) groups excluding carboxylic acids is 3. The van der Waals surface area contributed by atoms with Crippen molar-refractivity contribution in [2.24, 2.45) is 51.9 Å². The van der Waals surface area contributed by atoms with Crippen LogP contribution in [0.1, 0.15) is 135 Å². The fraction of sp³-hybridized carbons (Fsp3) is 0.775. The van der Waals surface area contributed by atoms with Crippen molar-refractivity contribution in [2.45, 2.75) is 142 Å². The van der Waals surface area contributed by atoms with Crippen molar-refractivity contribution in [3.05, 3.63) is 23.8 Å². The van der Waals surface area contributed by atoms with Gasteiger partial charge >= 0.3 is 0 Å². The SMILES string of the molecule is C[C@]12CCC(=O)CC1CC(CCCc1cc(OCCCCCC(N)=O)cc(OCCCCCC(N)=O)c1)[C@@H]1[C@H]2CC[C@]2(C)C(O)CC[C@@H]12. The topological polar surface area (TPSA) is 142 Å². The molecule has 1 aromatic rings. The van der Waals surface area contributed by atoms with Gasteiger partial charge < -0.3 is 26.0 Å². The minimum atomic E-state index is -0.261. The molecule has 48 heavy (non-hydrogen) atoms. The van der Waals surface area contributed by atoms with Gasteiger partial charge in [0.25, 0.3) is 0 Å². The van der Waals surface area contributed by atoms with Crippen LogP contribution in [0.25, 0.3) is 0 Å². The third-order valence-electron chi connectivity index (χ3n) is 13.3. The smallest absolute Gasteiger partial charge is 0.217 e. The number of Topliss-reactive ketones (excluding diaryl/α,β-unsaturated/α-hetero) is 1. The molecular formula is C40H62N2O6. The number of carbonyl (C=O) groups is 3. The maximum absolute atomic E-state index is 12.7. The molecule has 4 aliphatic rings. The number of hydrogen-bond acceptors (Lipinski definition) is 6. The number of aryl methyl sites for hydroxylation is 1. The van der Waals surface area contributed by atoms with E-state index in [-0.39, 0.29) is 28.7 Å². The van der Waals surface area contributed by atoms with E-state index in [1.807, 2.05) is 6.07 Å². The van der Waals surface area contributed by atoms with E-state index >= 15 is 0 Å². The molecule has 5 N–H and O–H groups in total. The highest BCUT2D eigenvalue weighted by Gasteiger charge is 2.62. The molecule has 0 aliphatic heterocycles. The number of rotatable bonds is 18. The molecule has 0 saturated heterocycles. The van der Waals surface area contributed by atoms with Crippen molar-refractivity contribution in [2.75, 3.05) is 13.2 Å². The Morgan fingerprint density at radius 1 is 0.812 bits per heavy atom. The number of nitrogens with two attached hydrogens (primary N) is 2. The van der Waals surface area contributed by atoms with Crippen LogP contribution in [-0.4, -0.2) is 42.0 Å². The number of ether oxygens (including phenoxy) is 2. The zero-order valence-electron chi connectivity index (χ0n) is 29.7. The molecule has 4 aliphatic carbocycles. The molecule has 4 fully saturated rings. The molecule has 3 unspecified atom stereocenters. The number of ketones is 1. The predicted molar refractivity (Wildman–Crippen MR) is 187 cm³/mol. The second-order valence-corrected chi connectivity index (χ2v) is 16.3. The summed E-state index contributed by atoms with van der Waals surface area (Å²) in [5.74, 6) is 4.49. The van der Waals surface area contributed by atoms with Crippen molar-refractivity contribution < 1.29 is 29.0 Å². The third-order valence-corrected chi connectivity index (χ3v) is 13.3. The van der Waals surface area contributed by atoms with Gasteiger partial charge in [0.15, 0.2) is 0 Å². The number of aliphatic hydroxyl groups is 1. The number of fused-ring (bicyclic) bond motifs is 5. The summed E-state index contributed by atoms with van der Waals surface area (Å²) in [6.07, 6.45) is 16.9. The van der Waals surface area contributed by atoms with E-state index in [4.69, 9.17) is 20.9 Å². The van der Waals surface area contributed by atoms with Gasteiger partial charge in [-0.05, 0) is 154 Å². The minimum absolute atomic E-state index is 0.0324. The summed E-state index contributed by atoms with van der Waals surface area (Å²) < 4.78 is 12.4. The molecule has 268 valence electrons. The molecule has 0 radical (unpaired) electrons. The number of hydrogen-bond donors (Lipinski definition) is 3. The van der Waals surface area contributed by atoms with E-state index in [1.165, 1.54) is 12.0 Å². The zero-order valence-corrected chi connectivity index (χ0v) is 29.7. The first kappa shape index (κ1) is 36.7. The zero-order chi connectivity index (χ0) is 34.3. The first-order valence-corrected chi connectivity index (χ1v) is 19.2. The van der Waals surface area contributed by atoms with Crippen LogP contribution in [-0.2, 0) is 20.8 Å². The van der Waals surface area contributed by atoms with Crippen molar-refractivity contribution in [3.63, 3.8) is 0 Å². The van der Waals surface area contributed by atoms with E-state index in [0.29, 0.717) is 61.4 Å². The summed E-state index contributed by atoms with van der Waals surface area (Å²) in [6.45, 7) is 6.02. The average molecular weight is 667 g/mol. The second-order valence-electron chi connectivity index (χ2n) is 16.3. The Morgan fingerprint density at radius 2 is 1.44 bits per heavy atom. The van der Waals surface area contributed by atoms with Crippen molar-refractivity contribution >= 4 is 17.6 Å². The lowest BCUT2D eigenvalue weighted by molar-refractivity contribution is -0.156. The highest BCUT2D eigenvalue weighted by Crippen LogP contribution is 2.67. The van der Waals surface area contributed by atoms with Gasteiger partial charge in [-0.15, -0.1) is 0 Å². The monoisotopic (exact) mass is 666 g/mol. The predicted octanol–water partition coefficient (Wildman–Crippen LogP) is 7.06. The van der Waals surface area contributed by atoms with Crippen LogP contribution in [0.3, 0.4) is 0 Å². The Bertz CT molecular complexity index is 1220. The number of amides is 2. The molecule has 0 spiro atoms. The molecule has 8 nitrogen and oxygen atoms in total. The number of benzene rings is 1. The van der Waals surface area contributed by atoms with Crippen molar-refractivity contribution in [1.29, 1.82) is 0 Å². The lowest BCUT2D eigenvalue weighted by atomic mass is 9.42. The van der Waals surface area contributed by atoms with Crippen LogP contribution >= 0.6 is 0 Å². The Balaban J connectivity index is 1.24. The molecule has 0 bridgehead atoms. The molecular weight excluding hydrogens is 604 g/mol. The molecule has 8 heteroatoms. The third kappa shape index (κ3) is 8.75. The molecule has 1 aromatic carbocycles. The quantitative estimate of drug-likeness (QED) is 0.143. The van der Waals surface area contributed by atoms with Gasteiger partial charge in [-0.3, -0.25) is 14.4 Å². The normalized spacial score (nSPS) is 32.6. The highest BCUT2D eigenvalue weighted by atomic mass is 16.5. The summed E-state index contributed by atoms with van der Waals surface area (Å²) >= 11 is 0. The van der Waals surface area contributed by atoms with Crippen LogP contribution in [0, 0.1) is 40.4 Å². The van der Waals surface area contributed by atoms with Crippen LogP contribution < -0.4 is 20.9 Å². The lowest BCUT2D eigenvalue weighted by Gasteiger charge is -2.62. The first-order valence-electron chi connectivity index (χ1n) is 19.2.